The highest BCUT2D eigenvalue weighted by atomic mass is 32.2. The predicted octanol–water partition coefficient (Wildman–Crippen LogP) is 3.64. The zero-order valence-electron chi connectivity index (χ0n) is 19.4. The van der Waals surface area contributed by atoms with E-state index < -0.39 is 10.0 Å². The lowest BCUT2D eigenvalue weighted by molar-refractivity contribution is -0.138. The highest BCUT2D eigenvalue weighted by Gasteiger charge is 2.34. The van der Waals surface area contributed by atoms with Gasteiger partial charge in [0.2, 0.25) is 15.9 Å². The lowest BCUT2D eigenvalue weighted by atomic mass is 9.92. The Kier molecular flexibility index (Phi) is 7.83. The van der Waals surface area contributed by atoms with Crippen molar-refractivity contribution in [2.45, 2.75) is 50.0 Å². The lowest BCUT2D eigenvalue weighted by Crippen LogP contribution is -2.45. The number of aryl methyl sites for hydroxylation is 2. The maximum absolute atomic E-state index is 13.3. The number of methoxy groups -OCH3 is 1. The lowest BCUT2D eigenvalue weighted by Gasteiger charge is -2.34. The van der Waals surface area contributed by atoms with E-state index in [-0.39, 0.29) is 11.8 Å². The normalized spacial score (nSPS) is 17.5. The summed E-state index contributed by atoms with van der Waals surface area (Å²) in [7, 11) is -1.91. The summed E-state index contributed by atoms with van der Waals surface area (Å²) in [6.07, 6.45) is 5.36. The third-order valence-electron chi connectivity index (χ3n) is 6.85. The molecule has 0 unspecified atom stereocenters. The zero-order valence-corrected chi connectivity index (χ0v) is 20.2. The second-order valence-corrected chi connectivity index (χ2v) is 11.0. The number of carbonyl (C=O) groups excluding carboxylic acids is 1. The second kappa shape index (κ2) is 10.8. The molecule has 6 nitrogen and oxygen atoms in total. The van der Waals surface area contributed by atoms with Crippen LogP contribution in [-0.2, 0) is 38.9 Å². The van der Waals surface area contributed by atoms with Crippen LogP contribution in [0.5, 0.6) is 0 Å². The van der Waals surface area contributed by atoms with Crippen LogP contribution >= 0.6 is 0 Å². The largest absolute Gasteiger partial charge is 0.383 e. The molecular formula is C26H34N2O4S. The highest BCUT2D eigenvalue weighted by Crippen LogP contribution is 2.29. The van der Waals surface area contributed by atoms with Crippen LogP contribution in [-0.4, -0.2) is 56.9 Å². The molecule has 1 fully saturated rings. The minimum absolute atomic E-state index is 0.0849. The number of amides is 1. The Balaban J connectivity index is 1.40. The zero-order chi connectivity index (χ0) is 23.3. The number of piperidine rings is 1. The number of benzene rings is 2. The van der Waals surface area contributed by atoms with Gasteiger partial charge >= 0.3 is 0 Å². The van der Waals surface area contributed by atoms with Crippen LogP contribution < -0.4 is 0 Å². The Labute approximate surface area is 197 Å². The molecule has 0 saturated carbocycles. The molecule has 1 heterocycles. The molecule has 4 rings (SSSR count). The molecule has 2 aromatic carbocycles. The summed E-state index contributed by atoms with van der Waals surface area (Å²) in [5, 5.41) is 0. The first-order valence-electron chi connectivity index (χ1n) is 11.9. The van der Waals surface area contributed by atoms with Crippen LogP contribution in [0.4, 0.5) is 0 Å². The molecule has 0 spiro atoms. The van der Waals surface area contributed by atoms with E-state index in [1.165, 1.54) is 17.5 Å². The number of hydrogen-bond donors (Lipinski definition) is 0. The van der Waals surface area contributed by atoms with Crippen molar-refractivity contribution in [2.75, 3.05) is 33.4 Å². The van der Waals surface area contributed by atoms with Gasteiger partial charge in [0.05, 0.1) is 11.5 Å². The number of hydrogen-bond acceptors (Lipinski definition) is 4. The summed E-state index contributed by atoms with van der Waals surface area (Å²) in [6.45, 7) is 2.29. The van der Waals surface area contributed by atoms with Crippen molar-refractivity contribution in [3.05, 3.63) is 65.2 Å². The van der Waals surface area contributed by atoms with Gasteiger partial charge in [-0.15, -0.1) is 0 Å². The van der Waals surface area contributed by atoms with Gasteiger partial charge in [0.1, 0.15) is 0 Å². The first-order chi connectivity index (χ1) is 16.0. The van der Waals surface area contributed by atoms with E-state index in [1.54, 1.807) is 17.5 Å². The maximum atomic E-state index is 13.3. The van der Waals surface area contributed by atoms with E-state index in [1.807, 2.05) is 47.4 Å². The molecular weight excluding hydrogens is 436 g/mol. The topological polar surface area (TPSA) is 66.9 Å². The first-order valence-corrected chi connectivity index (χ1v) is 13.4. The van der Waals surface area contributed by atoms with E-state index in [2.05, 4.69) is 0 Å². The van der Waals surface area contributed by atoms with Crippen LogP contribution in [0.3, 0.4) is 0 Å². The fourth-order valence-corrected chi connectivity index (χ4v) is 6.41. The van der Waals surface area contributed by atoms with Gasteiger partial charge in [0, 0.05) is 39.2 Å². The standard InChI is InChI=1S/C26H34N2O4S/c1-32-18-17-27(20-21-7-3-2-4-8-21)26(29)23-13-15-28(16-14-23)33(30,31)25-12-11-22-9-5-6-10-24(22)19-25/h2-4,7-8,11-12,19,23H,5-6,9-10,13-18,20H2,1H3. The van der Waals surface area contributed by atoms with Crippen molar-refractivity contribution in [1.82, 2.24) is 9.21 Å². The monoisotopic (exact) mass is 470 g/mol. The van der Waals surface area contributed by atoms with Crippen LogP contribution in [0.2, 0.25) is 0 Å². The molecule has 33 heavy (non-hydrogen) atoms. The minimum atomic E-state index is -3.54. The minimum Gasteiger partial charge on any atom is -0.383 e. The molecule has 0 bridgehead atoms. The van der Waals surface area contributed by atoms with Crippen LogP contribution in [0.25, 0.3) is 0 Å². The molecule has 2 aromatic rings. The predicted molar refractivity (Wildman–Crippen MR) is 128 cm³/mol. The van der Waals surface area contributed by atoms with Gasteiger partial charge in [-0.1, -0.05) is 36.4 Å². The fraction of sp³-hybridized carbons (Fsp3) is 0.500. The Bertz CT molecular complexity index is 1050. The van der Waals surface area contributed by atoms with Gasteiger partial charge < -0.3 is 9.64 Å². The number of carbonyl (C=O) groups is 1. The number of fused-ring (bicyclic) bond motifs is 1. The number of nitrogens with zero attached hydrogens (tertiary/aromatic N) is 2. The molecule has 7 heteroatoms. The molecule has 0 aromatic heterocycles. The van der Waals surface area contributed by atoms with E-state index in [0.717, 1.165) is 24.8 Å². The average Bonchev–Trinajstić information content (AvgIpc) is 2.86. The van der Waals surface area contributed by atoms with Gasteiger partial charge in [-0.2, -0.15) is 4.31 Å². The van der Waals surface area contributed by atoms with Crippen molar-refractivity contribution < 1.29 is 17.9 Å². The molecule has 0 N–H and O–H groups in total. The molecule has 1 amide bonds. The Morgan fingerprint density at radius 2 is 1.73 bits per heavy atom. The van der Waals surface area contributed by atoms with Gasteiger partial charge in [-0.3, -0.25) is 4.79 Å². The van der Waals surface area contributed by atoms with E-state index in [4.69, 9.17) is 4.74 Å². The van der Waals surface area contributed by atoms with Gasteiger partial charge in [-0.05, 0) is 67.3 Å². The SMILES string of the molecule is COCCN(Cc1ccccc1)C(=O)C1CCN(S(=O)(=O)c2ccc3c(c2)CCCC3)CC1. The van der Waals surface area contributed by atoms with Crippen LogP contribution in [0.15, 0.2) is 53.4 Å². The molecule has 1 saturated heterocycles. The van der Waals surface area contributed by atoms with E-state index >= 15 is 0 Å². The summed E-state index contributed by atoms with van der Waals surface area (Å²) in [5.41, 5.74) is 3.52. The smallest absolute Gasteiger partial charge is 0.243 e. The van der Waals surface area contributed by atoms with Crippen molar-refractivity contribution in [3.63, 3.8) is 0 Å². The average molecular weight is 471 g/mol. The van der Waals surface area contributed by atoms with Crippen molar-refractivity contribution >= 4 is 15.9 Å². The third kappa shape index (κ3) is 5.65. The Hall–Kier alpha value is -2.22. The fourth-order valence-electron chi connectivity index (χ4n) is 4.89. The summed E-state index contributed by atoms with van der Waals surface area (Å²) < 4.78 is 33.3. The van der Waals surface area contributed by atoms with E-state index in [0.29, 0.717) is 50.5 Å². The quantitative estimate of drug-likeness (QED) is 0.591. The number of ether oxygens (including phenoxy) is 1. The highest BCUT2D eigenvalue weighted by molar-refractivity contribution is 7.89. The molecule has 0 atom stereocenters. The van der Waals surface area contributed by atoms with Gasteiger partial charge in [0.15, 0.2) is 0 Å². The van der Waals surface area contributed by atoms with Crippen molar-refractivity contribution in [2.24, 2.45) is 5.92 Å². The van der Waals surface area contributed by atoms with Crippen LogP contribution in [0, 0.1) is 5.92 Å². The Morgan fingerprint density at radius 1 is 1.03 bits per heavy atom. The molecule has 178 valence electrons. The summed E-state index contributed by atoms with van der Waals surface area (Å²) in [6, 6.07) is 15.5. The molecule has 2 aliphatic rings. The second-order valence-electron chi connectivity index (χ2n) is 9.05. The molecule has 0 radical (unpaired) electrons. The van der Waals surface area contributed by atoms with Crippen LogP contribution in [0.1, 0.15) is 42.4 Å². The number of rotatable bonds is 8. The Morgan fingerprint density at radius 3 is 2.42 bits per heavy atom. The van der Waals surface area contributed by atoms with Gasteiger partial charge in [-0.25, -0.2) is 8.42 Å². The maximum Gasteiger partial charge on any atom is 0.243 e. The number of sulfonamides is 1. The first kappa shape index (κ1) is 23.9. The summed E-state index contributed by atoms with van der Waals surface area (Å²) in [4.78, 5) is 15.5. The van der Waals surface area contributed by atoms with Crippen molar-refractivity contribution in [1.29, 1.82) is 0 Å². The summed E-state index contributed by atoms with van der Waals surface area (Å²) >= 11 is 0. The van der Waals surface area contributed by atoms with Crippen molar-refractivity contribution in [3.8, 4) is 0 Å². The van der Waals surface area contributed by atoms with E-state index in [9.17, 15) is 13.2 Å². The third-order valence-corrected chi connectivity index (χ3v) is 8.75. The van der Waals surface area contributed by atoms with Gasteiger partial charge in [0.25, 0.3) is 0 Å². The molecule has 1 aliphatic heterocycles. The summed E-state index contributed by atoms with van der Waals surface area (Å²) in [5.74, 6) is -0.0812. The molecule has 1 aliphatic carbocycles.